The predicted molar refractivity (Wildman–Crippen MR) is 45.1 cm³/mol. The first kappa shape index (κ1) is 9.05. The second kappa shape index (κ2) is 3.57. The van der Waals surface area contributed by atoms with E-state index in [9.17, 15) is 5.11 Å². The summed E-state index contributed by atoms with van der Waals surface area (Å²) in [5, 5.41) is 11.5. The van der Waals surface area contributed by atoms with E-state index in [2.05, 4.69) is 20.8 Å². The van der Waals surface area contributed by atoms with Gasteiger partial charge in [-0.2, -0.15) is 0 Å². The molecular weight excluding hydrogens is 136 g/mol. The van der Waals surface area contributed by atoms with E-state index in [1.54, 1.807) is 0 Å². The fraction of sp³-hybridized carbons (Fsp3) is 1.00. The van der Waals surface area contributed by atoms with Gasteiger partial charge in [0.15, 0.2) is 0 Å². The molecule has 3 atom stereocenters. The Morgan fingerprint density at radius 3 is 2.36 bits per heavy atom. The minimum atomic E-state index is -0.279. The van der Waals surface area contributed by atoms with E-state index in [1.807, 2.05) is 0 Å². The maximum Gasteiger partial charge on any atom is -0.0453 e. The maximum atomic E-state index is 11.5. The summed E-state index contributed by atoms with van der Waals surface area (Å²) >= 11 is 0. The third-order valence-electron chi connectivity index (χ3n) is 2.96. The quantitative estimate of drug-likeness (QED) is 0.566. The highest BCUT2D eigenvalue weighted by molar-refractivity contribution is 4.78. The van der Waals surface area contributed by atoms with Gasteiger partial charge in [0.2, 0.25) is 0 Å². The monoisotopic (exact) mass is 155 g/mol. The highest BCUT2D eigenvalue weighted by atomic mass is 16.3. The second-order valence-electron chi connectivity index (χ2n) is 4.36. The van der Waals surface area contributed by atoms with E-state index in [-0.39, 0.29) is 6.10 Å². The van der Waals surface area contributed by atoms with Gasteiger partial charge in [-0.05, 0) is 11.8 Å². The standard InChI is InChI=1S/C10H19O/c1-7(2)9-5-4-8(3)6-10(9)11/h7-10H,4-6H2,1-3H3/q-1/t8-,9+,10-/m1/s1. The van der Waals surface area contributed by atoms with Gasteiger partial charge in [-0.15, -0.1) is 6.10 Å². The minimum absolute atomic E-state index is 0.279. The molecule has 0 amide bonds. The van der Waals surface area contributed by atoms with Crippen LogP contribution < -0.4 is 5.11 Å². The van der Waals surface area contributed by atoms with Gasteiger partial charge in [-0.25, -0.2) is 0 Å². The van der Waals surface area contributed by atoms with Gasteiger partial charge in [-0.1, -0.05) is 46.0 Å². The fourth-order valence-corrected chi connectivity index (χ4v) is 2.11. The Bertz CT molecular complexity index is 120. The third-order valence-corrected chi connectivity index (χ3v) is 2.96. The van der Waals surface area contributed by atoms with Crippen LogP contribution in [0.5, 0.6) is 0 Å². The summed E-state index contributed by atoms with van der Waals surface area (Å²) in [6, 6.07) is 0. The van der Waals surface area contributed by atoms with Crippen LogP contribution in [-0.2, 0) is 0 Å². The summed E-state index contributed by atoms with van der Waals surface area (Å²) in [6.45, 7) is 6.54. The Hall–Kier alpha value is -0.0400. The zero-order chi connectivity index (χ0) is 8.43. The van der Waals surface area contributed by atoms with Crippen LogP contribution in [0, 0.1) is 17.8 Å². The molecule has 1 aliphatic rings. The van der Waals surface area contributed by atoms with Crippen molar-refractivity contribution in [3.05, 3.63) is 0 Å². The second-order valence-corrected chi connectivity index (χ2v) is 4.36. The summed E-state index contributed by atoms with van der Waals surface area (Å²) in [5.41, 5.74) is 0. The first-order chi connectivity index (χ1) is 5.11. The highest BCUT2D eigenvalue weighted by Crippen LogP contribution is 2.31. The topological polar surface area (TPSA) is 23.1 Å². The van der Waals surface area contributed by atoms with E-state index in [1.165, 1.54) is 6.42 Å². The number of rotatable bonds is 1. The van der Waals surface area contributed by atoms with Crippen molar-refractivity contribution in [2.24, 2.45) is 17.8 Å². The molecule has 1 fully saturated rings. The summed E-state index contributed by atoms with van der Waals surface area (Å²) in [5.74, 6) is 1.71. The predicted octanol–water partition coefficient (Wildman–Crippen LogP) is 1.81. The lowest BCUT2D eigenvalue weighted by atomic mass is 9.75. The van der Waals surface area contributed by atoms with Gasteiger partial charge in [0.05, 0.1) is 0 Å². The molecule has 1 aliphatic carbocycles. The van der Waals surface area contributed by atoms with Crippen LogP contribution in [-0.4, -0.2) is 6.10 Å². The lowest BCUT2D eigenvalue weighted by Gasteiger charge is -2.41. The van der Waals surface area contributed by atoms with Crippen molar-refractivity contribution in [2.45, 2.75) is 46.1 Å². The van der Waals surface area contributed by atoms with Crippen molar-refractivity contribution in [2.75, 3.05) is 0 Å². The molecule has 0 unspecified atom stereocenters. The van der Waals surface area contributed by atoms with Crippen LogP contribution in [0.1, 0.15) is 40.0 Å². The molecule has 0 aromatic heterocycles. The molecule has 1 nitrogen and oxygen atoms in total. The van der Waals surface area contributed by atoms with Gasteiger partial charge < -0.3 is 5.11 Å². The van der Waals surface area contributed by atoms with Crippen LogP contribution >= 0.6 is 0 Å². The van der Waals surface area contributed by atoms with E-state index in [4.69, 9.17) is 0 Å². The Morgan fingerprint density at radius 2 is 1.91 bits per heavy atom. The molecule has 0 heterocycles. The molecule has 0 bridgehead atoms. The summed E-state index contributed by atoms with van der Waals surface area (Å²) < 4.78 is 0. The first-order valence-electron chi connectivity index (χ1n) is 4.77. The van der Waals surface area contributed by atoms with Gasteiger partial charge in [0.25, 0.3) is 0 Å². The molecule has 1 rings (SSSR count). The lowest BCUT2D eigenvalue weighted by Crippen LogP contribution is -2.41. The average molecular weight is 155 g/mol. The molecule has 0 aliphatic heterocycles. The molecule has 66 valence electrons. The van der Waals surface area contributed by atoms with Gasteiger partial charge in [-0.3, -0.25) is 0 Å². The van der Waals surface area contributed by atoms with Gasteiger partial charge >= 0.3 is 0 Å². The van der Waals surface area contributed by atoms with E-state index < -0.39 is 0 Å². The van der Waals surface area contributed by atoms with Crippen LogP contribution in [0.3, 0.4) is 0 Å². The molecule has 0 radical (unpaired) electrons. The van der Waals surface area contributed by atoms with Gasteiger partial charge in [0.1, 0.15) is 0 Å². The Kier molecular flexibility index (Phi) is 2.94. The Morgan fingerprint density at radius 1 is 1.27 bits per heavy atom. The fourth-order valence-electron chi connectivity index (χ4n) is 2.11. The van der Waals surface area contributed by atoms with Gasteiger partial charge in [0, 0.05) is 0 Å². The number of hydrogen-bond acceptors (Lipinski definition) is 1. The minimum Gasteiger partial charge on any atom is -0.852 e. The molecule has 0 aromatic rings. The van der Waals surface area contributed by atoms with Crippen molar-refractivity contribution in [1.29, 1.82) is 0 Å². The molecule has 1 saturated carbocycles. The Labute approximate surface area is 69.8 Å². The van der Waals surface area contributed by atoms with Crippen molar-refractivity contribution in [1.82, 2.24) is 0 Å². The van der Waals surface area contributed by atoms with Crippen LogP contribution in [0.2, 0.25) is 0 Å². The first-order valence-corrected chi connectivity index (χ1v) is 4.77. The lowest BCUT2D eigenvalue weighted by molar-refractivity contribution is -0.443. The molecule has 0 aromatic carbocycles. The van der Waals surface area contributed by atoms with Crippen LogP contribution in [0.4, 0.5) is 0 Å². The van der Waals surface area contributed by atoms with Crippen LogP contribution in [0.25, 0.3) is 0 Å². The average Bonchev–Trinajstić information content (AvgIpc) is 1.85. The normalized spacial score (nSPS) is 39.5. The smallest absolute Gasteiger partial charge is 0.0453 e. The largest absolute Gasteiger partial charge is 0.852 e. The highest BCUT2D eigenvalue weighted by Gasteiger charge is 2.23. The van der Waals surface area contributed by atoms with Crippen molar-refractivity contribution in [3.63, 3.8) is 0 Å². The molecule has 0 N–H and O–H groups in total. The maximum absolute atomic E-state index is 11.5. The SMILES string of the molecule is CC(C)[C@@H]1CC[C@@H](C)C[C@H]1[O-]. The Balaban J connectivity index is 2.44. The third kappa shape index (κ3) is 2.19. The van der Waals surface area contributed by atoms with E-state index in [0.29, 0.717) is 17.8 Å². The molecule has 11 heavy (non-hydrogen) atoms. The molecule has 0 spiro atoms. The van der Waals surface area contributed by atoms with Crippen LogP contribution in [0.15, 0.2) is 0 Å². The number of hydrogen-bond donors (Lipinski definition) is 0. The van der Waals surface area contributed by atoms with E-state index in [0.717, 1.165) is 12.8 Å². The zero-order valence-corrected chi connectivity index (χ0v) is 7.84. The van der Waals surface area contributed by atoms with Crippen molar-refractivity contribution >= 4 is 0 Å². The molecular formula is C10H19O-. The summed E-state index contributed by atoms with van der Waals surface area (Å²) in [4.78, 5) is 0. The molecule has 0 saturated heterocycles. The van der Waals surface area contributed by atoms with E-state index >= 15 is 0 Å². The molecule has 1 heteroatoms. The van der Waals surface area contributed by atoms with Crippen molar-refractivity contribution < 1.29 is 5.11 Å². The summed E-state index contributed by atoms with van der Waals surface area (Å²) in [7, 11) is 0. The van der Waals surface area contributed by atoms with Crippen molar-refractivity contribution in [3.8, 4) is 0 Å². The summed E-state index contributed by atoms with van der Waals surface area (Å²) in [6.07, 6.45) is 3.05. The zero-order valence-electron chi connectivity index (χ0n) is 7.84.